The SMILES string of the molecule is CCOCCCN(CC(=O)N(Cc1ccccc1)Cc1cccs1)C(=O)Nc1ccc(OCC)cc1. The lowest BCUT2D eigenvalue weighted by Gasteiger charge is -2.28. The molecule has 0 aliphatic carbocycles. The second-order valence-corrected chi connectivity index (χ2v) is 9.21. The van der Waals surface area contributed by atoms with E-state index < -0.39 is 0 Å². The van der Waals surface area contributed by atoms with Gasteiger partial charge in [-0.05, 0) is 61.5 Å². The molecular formula is C28H35N3O4S. The number of anilines is 1. The van der Waals surface area contributed by atoms with Crippen LogP contribution in [0.4, 0.5) is 10.5 Å². The van der Waals surface area contributed by atoms with Crippen molar-refractivity contribution >= 4 is 29.0 Å². The van der Waals surface area contributed by atoms with Gasteiger partial charge in [-0.1, -0.05) is 36.4 Å². The molecule has 0 saturated heterocycles. The molecule has 0 radical (unpaired) electrons. The molecule has 0 aliphatic rings. The third-order valence-electron chi connectivity index (χ3n) is 5.45. The largest absolute Gasteiger partial charge is 0.494 e. The lowest BCUT2D eigenvalue weighted by Crippen LogP contribution is -2.44. The lowest BCUT2D eigenvalue weighted by molar-refractivity contribution is -0.133. The van der Waals surface area contributed by atoms with Crippen molar-refractivity contribution in [3.8, 4) is 5.75 Å². The number of ether oxygens (including phenoxy) is 2. The molecular weight excluding hydrogens is 474 g/mol. The van der Waals surface area contributed by atoms with Crippen LogP contribution in [0.2, 0.25) is 0 Å². The highest BCUT2D eigenvalue weighted by molar-refractivity contribution is 7.09. The second kappa shape index (κ2) is 14.9. The standard InChI is InChI=1S/C28H35N3O4S/c1-3-34-18-9-17-30(28(33)29-24-13-15-25(16-14-24)35-4-2)22-27(32)31(21-26-12-8-19-36-26)20-23-10-6-5-7-11-23/h5-8,10-16,19H,3-4,9,17-18,20-22H2,1-2H3,(H,29,33). The Bertz CT molecular complexity index is 1040. The molecule has 3 amide bonds. The van der Waals surface area contributed by atoms with Gasteiger partial charge in [-0.15, -0.1) is 11.3 Å². The van der Waals surface area contributed by atoms with E-state index in [4.69, 9.17) is 9.47 Å². The van der Waals surface area contributed by atoms with Gasteiger partial charge in [0.15, 0.2) is 0 Å². The first-order valence-corrected chi connectivity index (χ1v) is 13.2. The van der Waals surface area contributed by atoms with Gasteiger partial charge in [-0.25, -0.2) is 4.79 Å². The molecule has 1 aromatic heterocycles. The zero-order valence-electron chi connectivity index (χ0n) is 21.0. The molecule has 7 nitrogen and oxygen atoms in total. The first-order valence-electron chi connectivity index (χ1n) is 12.3. The van der Waals surface area contributed by atoms with Crippen LogP contribution in [0, 0.1) is 0 Å². The normalized spacial score (nSPS) is 10.6. The summed E-state index contributed by atoms with van der Waals surface area (Å²) in [4.78, 5) is 31.2. The molecule has 1 N–H and O–H groups in total. The number of rotatable bonds is 14. The van der Waals surface area contributed by atoms with Crippen molar-refractivity contribution in [3.63, 3.8) is 0 Å². The zero-order chi connectivity index (χ0) is 25.6. The average Bonchev–Trinajstić information content (AvgIpc) is 3.40. The summed E-state index contributed by atoms with van der Waals surface area (Å²) in [5, 5.41) is 4.92. The number of nitrogens with zero attached hydrogens (tertiary/aromatic N) is 2. The number of hydrogen-bond acceptors (Lipinski definition) is 5. The fourth-order valence-corrected chi connectivity index (χ4v) is 4.37. The maximum atomic E-state index is 13.5. The van der Waals surface area contributed by atoms with Crippen LogP contribution in [0.1, 0.15) is 30.7 Å². The topological polar surface area (TPSA) is 71.1 Å². The molecule has 0 saturated carbocycles. The Morgan fingerprint density at radius 3 is 2.33 bits per heavy atom. The molecule has 2 aromatic carbocycles. The molecule has 0 atom stereocenters. The van der Waals surface area contributed by atoms with Gasteiger partial charge in [0, 0.05) is 36.9 Å². The van der Waals surface area contributed by atoms with Crippen LogP contribution in [0.3, 0.4) is 0 Å². The molecule has 0 fully saturated rings. The van der Waals surface area contributed by atoms with E-state index in [1.54, 1.807) is 33.3 Å². The summed E-state index contributed by atoms with van der Waals surface area (Å²) in [6.45, 7) is 6.94. The van der Waals surface area contributed by atoms with E-state index in [2.05, 4.69) is 5.32 Å². The van der Waals surface area contributed by atoms with Crippen molar-refractivity contribution in [3.05, 3.63) is 82.6 Å². The smallest absolute Gasteiger partial charge is 0.322 e. The highest BCUT2D eigenvalue weighted by Gasteiger charge is 2.22. The van der Waals surface area contributed by atoms with Crippen LogP contribution >= 0.6 is 11.3 Å². The van der Waals surface area contributed by atoms with Gasteiger partial charge in [0.05, 0.1) is 13.2 Å². The predicted octanol–water partition coefficient (Wildman–Crippen LogP) is 5.64. The highest BCUT2D eigenvalue weighted by Crippen LogP contribution is 2.18. The zero-order valence-corrected chi connectivity index (χ0v) is 21.8. The van der Waals surface area contributed by atoms with Crippen molar-refractivity contribution in [2.75, 3.05) is 38.2 Å². The molecule has 192 valence electrons. The minimum absolute atomic E-state index is 0.0206. The average molecular weight is 510 g/mol. The van der Waals surface area contributed by atoms with Gasteiger partial charge in [-0.2, -0.15) is 0 Å². The number of amides is 3. The van der Waals surface area contributed by atoms with E-state index in [1.165, 1.54) is 0 Å². The highest BCUT2D eigenvalue weighted by atomic mass is 32.1. The summed E-state index contributed by atoms with van der Waals surface area (Å²) in [6, 6.07) is 20.8. The van der Waals surface area contributed by atoms with Gasteiger partial charge >= 0.3 is 6.03 Å². The molecule has 0 spiro atoms. The maximum Gasteiger partial charge on any atom is 0.322 e. The lowest BCUT2D eigenvalue weighted by atomic mass is 10.2. The minimum atomic E-state index is -0.320. The number of nitrogens with one attached hydrogen (secondary N) is 1. The monoisotopic (exact) mass is 509 g/mol. The fraction of sp³-hybridized carbons (Fsp3) is 0.357. The number of urea groups is 1. The summed E-state index contributed by atoms with van der Waals surface area (Å²) in [6.07, 6.45) is 0.640. The first kappa shape index (κ1) is 27.2. The summed E-state index contributed by atoms with van der Waals surface area (Å²) in [5.74, 6) is 0.634. The Balaban J connectivity index is 1.71. The van der Waals surface area contributed by atoms with Gasteiger partial charge in [0.2, 0.25) is 5.91 Å². The Morgan fingerprint density at radius 1 is 0.889 bits per heavy atom. The molecule has 3 aromatic rings. The molecule has 8 heteroatoms. The fourth-order valence-electron chi connectivity index (χ4n) is 3.65. The number of thiophene rings is 1. The number of carbonyl (C=O) groups is 2. The Hall–Kier alpha value is -3.36. The summed E-state index contributed by atoms with van der Waals surface area (Å²) >= 11 is 1.62. The van der Waals surface area contributed by atoms with E-state index in [1.807, 2.05) is 73.8 Å². The van der Waals surface area contributed by atoms with Gasteiger partial charge in [0.1, 0.15) is 12.3 Å². The number of hydrogen-bond donors (Lipinski definition) is 1. The summed E-state index contributed by atoms with van der Waals surface area (Å²) in [7, 11) is 0. The summed E-state index contributed by atoms with van der Waals surface area (Å²) in [5.41, 5.74) is 1.69. The predicted molar refractivity (Wildman–Crippen MR) is 144 cm³/mol. The van der Waals surface area contributed by atoms with Crippen LogP contribution in [0.15, 0.2) is 72.1 Å². The molecule has 0 unspecified atom stereocenters. The van der Waals surface area contributed by atoms with E-state index in [9.17, 15) is 9.59 Å². The summed E-state index contributed by atoms with van der Waals surface area (Å²) < 4.78 is 10.9. The Kier molecular flexibility index (Phi) is 11.3. The first-order chi connectivity index (χ1) is 17.6. The van der Waals surface area contributed by atoms with Gasteiger partial charge < -0.3 is 24.6 Å². The molecule has 36 heavy (non-hydrogen) atoms. The maximum absolute atomic E-state index is 13.5. The molecule has 1 heterocycles. The van der Waals surface area contributed by atoms with Crippen molar-refractivity contribution in [2.24, 2.45) is 0 Å². The molecule has 0 bridgehead atoms. The quantitative estimate of drug-likeness (QED) is 0.286. The van der Waals surface area contributed by atoms with Crippen LogP contribution in [-0.4, -0.2) is 54.6 Å². The Labute approximate surface area is 217 Å². The number of benzene rings is 2. The second-order valence-electron chi connectivity index (χ2n) is 8.17. The van der Waals surface area contributed by atoms with Crippen LogP contribution < -0.4 is 10.1 Å². The third-order valence-corrected chi connectivity index (χ3v) is 6.31. The van der Waals surface area contributed by atoms with Crippen LogP contribution in [0.25, 0.3) is 0 Å². The minimum Gasteiger partial charge on any atom is -0.494 e. The number of carbonyl (C=O) groups excluding carboxylic acids is 2. The van der Waals surface area contributed by atoms with Crippen LogP contribution in [-0.2, 0) is 22.6 Å². The van der Waals surface area contributed by atoms with Crippen molar-refractivity contribution in [1.82, 2.24) is 9.80 Å². The molecule has 0 aliphatic heterocycles. The van der Waals surface area contributed by atoms with Crippen molar-refractivity contribution in [2.45, 2.75) is 33.4 Å². The third kappa shape index (κ3) is 9.02. The molecule has 3 rings (SSSR count). The van der Waals surface area contributed by atoms with Crippen LogP contribution in [0.5, 0.6) is 5.75 Å². The van der Waals surface area contributed by atoms with E-state index in [0.29, 0.717) is 51.6 Å². The van der Waals surface area contributed by atoms with E-state index in [-0.39, 0.29) is 18.5 Å². The van der Waals surface area contributed by atoms with Crippen molar-refractivity contribution in [1.29, 1.82) is 0 Å². The van der Waals surface area contributed by atoms with Gasteiger partial charge in [-0.3, -0.25) is 4.79 Å². The van der Waals surface area contributed by atoms with Crippen molar-refractivity contribution < 1.29 is 19.1 Å². The van der Waals surface area contributed by atoms with Gasteiger partial charge in [0.25, 0.3) is 0 Å². The Morgan fingerprint density at radius 2 is 1.67 bits per heavy atom. The van der Waals surface area contributed by atoms with E-state index >= 15 is 0 Å². The van der Waals surface area contributed by atoms with E-state index in [0.717, 1.165) is 16.2 Å².